The number of halogens is 1. The monoisotopic (exact) mass is 743 g/mol. The molecule has 276 valence electrons. The number of benzene rings is 3. The van der Waals surface area contributed by atoms with Crippen molar-refractivity contribution >= 4 is 58.3 Å². The molecule has 2 aliphatic heterocycles. The minimum absolute atomic E-state index is 0.00460. The maximum absolute atomic E-state index is 13.9. The highest BCUT2D eigenvalue weighted by atomic mass is 35.5. The molecule has 1 atom stereocenters. The van der Waals surface area contributed by atoms with E-state index in [1.807, 2.05) is 24.3 Å². The molecule has 16 nitrogen and oxygen atoms in total. The van der Waals surface area contributed by atoms with E-state index in [9.17, 15) is 29.1 Å². The van der Waals surface area contributed by atoms with Crippen LogP contribution in [0.4, 0.5) is 17.1 Å². The Hall–Kier alpha value is -5.71. The van der Waals surface area contributed by atoms with Gasteiger partial charge in [0.1, 0.15) is 6.33 Å². The standard InChI is InChI=1S/C36H38ClN9O7/c1-36(2,20-38-33(49)34(50)41-29-16-24(37)7-12-30(29)46-21-39-42-43-46)28(32(48)40-25-8-5-23(6-9-25)35(51)52)15-22-3-10-26(11-4-22)45-14-13-44(17-31(45)47)27-18-53-19-27/h3-12,16,21,27-28H,13-15,17-20H2,1-2H3,(H,38,49)(H,40,48)(H,41,50)(H,51,52)/t28-/m1/s1. The zero-order valence-corrected chi connectivity index (χ0v) is 29.7. The topological polar surface area (TPSA) is 201 Å². The van der Waals surface area contributed by atoms with E-state index in [0.717, 1.165) is 17.8 Å². The maximum Gasteiger partial charge on any atom is 0.335 e. The van der Waals surface area contributed by atoms with Crippen LogP contribution in [-0.2, 0) is 30.3 Å². The summed E-state index contributed by atoms with van der Waals surface area (Å²) >= 11 is 6.15. The van der Waals surface area contributed by atoms with Gasteiger partial charge in [0.15, 0.2) is 0 Å². The Kier molecular flexibility index (Phi) is 11.1. The summed E-state index contributed by atoms with van der Waals surface area (Å²) in [6, 6.07) is 18.1. The van der Waals surface area contributed by atoms with Crippen molar-refractivity contribution < 1.29 is 33.8 Å². The number of amides is 4. The Balaban J connectivity index is 1.15. The number of hydrogen-bond donors (Lipinski definition) is 4. The largest absolute Gasteiger partial charge is 0.478 e. The molecule has 4 N–H and O–H groups in total. The summed E-state index contributed by atoms with van der Waals surface area (Å²) in [5.41, 5.74) is 1.70. The highest BCUT2D eigenvalue weighted by molar-refractivity contribution is 6.40. The van der Waals surface area contributed by atoms with Gasteiger partial charge in [0, 0.05) is 41.9 Å². The number of ether oxygens (including phenoxy) is 1. The van der Waals surface area contributed by atoms with Crippen molar-refractivity contribution in [3.8, 4) is 5.69 Å². The molecule has 17 heteroatoms. The number of piperazine rings is 1. The van der Waals surface area contributed by atoms with Crippen LogP contribution < -0.4 is 20.9 Å². The normalized spacial score (nSPS) is 15.7. The number of aromatic nitrogens is 4. The molecule has 1 aromatic heterocycles. The van der Waals surface area contributed by atoms with Crippen LogP contribution in [0, 0.1) is 11.3 Å². The lowest BCUT2D eigenvalue weighted by Gasteiger charge is -2.42. The second-order valence-corrected chi connectivity index (χ2v) is 14.0. The number of carbonyl (C=O) groups is 5. The summed E-state index contributed by atoms with van der Waals surface area (Å²) < 4.78 is 6.59. The number of tetrazole rings is 1. The van der Waals surface area contributed by atoms with Crippen LogP contribution in [0.5, 0.6) is 0 Å². The molecule has 4 amide bonds. The molecule has 0 saturated carbocycles. The van der Waals surface area contributed by atoms with Crippen LogP contribution in [0.25, 0.3) is 5.69 Å². The third kappa shape index (κ3) is 8.85. The first kappa shape index (κ1) is 37.1. The molecule has 4 aromatic rings. The van der Waals surface area contributed by atoms with E-state index in [-0.39, 0.29) is 42.1 Å². The highest BCUT2D eigenvalue weighted by Crippen LogP contribution is 2.32. The third-order valence-corrected chi connectivity index (χ3v) is 9.68. The molecule has 2 fully saturated rings. The molecule has 0 bridgehead atoms. The lowest BCUT2D eigenvalue weighted by molar-refractivity contribution is -0.136. The number of carboxylic acids is 1. The van der Waals surface area contributed by atoms with Crippen LogP contribution >= 0.6 is 11.6 Å². The summed E-state index contributed by atoms with van der Waals surface area (Å²) in [6.45, 7) is 6.45. The van der Waals surface area contributed by atoms with Gasteiger partial charge in [0.25, 0.3) is 0 Å². The SMILES string of the molecule is CC(C)(CNC(=O)C(=O)Nc1cc(Cl)ccc1-n1cnnn1)[C@H](Cc1ccc(N2CCN(C3COC3)CC2=O)cc1)C(=O)Nc1ccc(C(=O)O)cc1. The Morgan fingerprint density at radius 3 is 2.34 bits per heavy atom. The molecule has 2 saturated heterocycles. The Bertz CT molecular complexity index is 1990. The fourth-order valence-electron chi connectivity index (χ4n) is 6.18. The predicted octanol–water partition coefficient (Wildman–Crippen LogP) is 2.64. The first-order valence-electron chi connectivity index (χ1n) is 16.9. The summed E-state index contributed by atoms with van der Waals surface area (Å²) in [5.74, 6) is -4.12. The predicted molar refractivity (Wildman–Crippen MR) is 194 cm³/mol. The molecule has 0 unspecified atom stereocenters. The molecular formula is C36H38ClN9O7. The fraction of sp³-hybridized carbons (Fsp3) is 0.333. The smallest absolute Gasteiger partial charge is 0.335 e. The van der Waals surface area contributed by atoms with Gasteiger partial charge >= 0.3 is 17.8 Å². The summed E-state index contributed by atoms with van der Waals surface area (Å²) in [7, 11) is 0. The van der Waals surface area contributed by atoms with E-state index < -0.39 is 29.1 Å². The summed E-state index contributed by atoms with van der Waals surface area (Å²) in [4.78, 5) is 68.3. The Morgan fingerprint density at radius 1 is 0.981 bits per heavy atom. The van der Waals surface area contributed by atoms with Crippen LogP contribution in [0.1, 0.15) is 29.8 Å². The van der Waals surface area contributed by atoms with Crippen molar-refractivity contribution in [2.45, 2.75) is 26.3 Å². The molecular weight excluding hydrogens is 706 g/mol. The number of nitrogens with zero attached hydrogens (tertiary/aromatic N) is 6. The number of nitrogens with one attached hydrogen (secondary N) is 3. The second-order valence-electron chi connectivity index (χ2n) is 13.5. The van der Waals surface area contributed by atoms with Gasteiger partial charge in [-0.05, 0) is 82.4 Å². The van der Waals surface area contributed by atoms with Crippen LogP contribution in [0.2, 0.25) is 5.02 Å². The molecule has 53 heavy (non-hydrogen) atoms. The zero-order chi connectivity index (χ0) is 37.7. The van der Waals surface area contributed by atoms with Gasteiger partial charge < -0.3 is 30.7 Å². The van der Waals surface area contributed by atoms with Crippen LogP contribution in [-0.4, -0.2) is 105 Å². The average Bonchev–Trinajstić information content (AvgIpc) is 3.64. The van der Waals surface area contributed by atoms with Crippen molar-refractivity contribution in [3.05, 3.63) is 89.2 Å². The number of carbonyl (C=O) groups excluding carboxylic acids is 4. The average molecular weight is 744 g/mol. The van der Waals surface area contributed by atoms with E-state index in [1.165, 1.54) is 41.3 Å². The van der Waals surface area contributed by atoms with Crippen molar-refractivity contribution in [2.24, 2.45) is 11.3 Å². The van der Waals surface area contributed by atoms with Crippen molar-refractivity contribution in [1.29, 1.82) is 0 Å². The van der Waals surface area contributed by atoms with Gasteiger partial charge in [-0.1, -0.05) is 37.6 Å². The highest BCUT2D eigenvalue weighted by Gasteiger charge is 2.37. The minimum Gasteiger partial charge on any atom is -0.478 e. The molecule has 0 radical (unpaired) electrons. The van der Waals surface area contributed by atoms with Crippen LogP contribution in [0.3, 0.4) is 0 Å². The number of anilines is 3. The minimum atomic E-state index is -1.09. The first-order valence-corrected chi connectivity index (χ1v) is 17.2. The maximum atomic E-state index is 13.9. The van der Waals surface area contributed by atoms with Gasteiger partial charge in [-0.15, -0.1) is 5.10 Å². The van der Waals surface area contributed by atoms with Crippen molar-refractivity contribution in [3.63, 3.8) is 0 Å². The molecule has 2 aliphatic rings. The van der Waals surface area contributed by atoms with Gasteiger partial charge in [0.2, 0.25) is 11.8 Å². The van der Waals surface area contributed by atoms with Gasteiger partial charge in [0.05, 0.1) is 42.7 Å². The van der Waals surface area contributed by atoms with E-state index in [0.29, 0.717) is 42.7 Å². The zero-order valence-electron chi connectivity index (χ0n) is 29.0. The Labute approximate surface area is 309 Å². The quantitative estimate of drug-likeness (QED) is 0.156. The Morgan fingerprint density at radius 2 is 1.72 bits per heavy atom. The molecule has 0 spiro atoms. The fourth-order valence-corrected chi connectivity index (χ4v) is 6.35. The number of carboxylic acid groups (broad SMARTS) is 1. The van der Waals surface area contributed by atoms with E-state index >= 15 is 0 Å². The summed E-state index contributed by atoms with van der Waals surface area (Å²) in [6.07, 6.45) is 1.57. The molecule has 6 rings (SSSR count). The van der Waals surface area contributed by atoms with Crippen molar-refractivity contribution in [2.75, 3.05) is 54.9 Å². The first-order chi connectivity index (χ1) is 25.4. The van der Waals surface area contributed by atoms with E-state index in [1.54, 1.807) is 30.9 Å². The van der Waals surface area contributed by atoms with Gasteiger partial charge in [-0.2, -0.15) is 4.68 Å². The van der Waals surface area contributed by atoms with Crippen LogP contribution in [0.15, 0.2) is 73.1 Å². The lowest BCUT2D eigenvalue weighted by Crippen LogP contribution is -2.58. The molecule has 0 aliphatic carbocycles. The van der Waals surface area contributed by atoms with Crippen molar-refractivity contribution in [1.82, 2.24) is 30.4 Å². The van der Waals surface area contributed by atoms with E-state index in [2.05, 4.69) is 36.4 Å². The summed E-state index contributed by atoms with van der Waals surface area (Å²) in [5, 5.41) is 28.7. The second kappa shape index (κ2) is 15.9. The number of hydrogen-bond acceptors (Lipinski definition) is 10. The third-order valence-electron chi connectivity index (χ3n) is 9.45. The van der Waals surface area contributed by atoms with Gasteiger partial charge in [-0.25, -0.2) is 4.79 Å². The lowest BCUT2D eigenvalue weighted by atomic mass is 9.74. The van der Waals surface area contributed by atoms with Gasteiger partial charge in [-0.3, -0.25) is 24.1 Å². The van der Waals surface area contributed by atoms with E-state index in [4.69, 9.17) is 16.3 Å². The molecule has 3 heterocycles. The number of aromatic carboxylic acids is 1. The number of rotatable bonds is 12. The molecule has 3 aromatic carbocycles.